The summed E-state index contributed by atoms with van der Waals surface area (Å²) < 4.78 is 23.1. The van der Waals surface area contributed by atoms with Gasteiger partial charge in [0.25, 0.3) is 5.91 Å². The quantitative estimate of drug-likeness (QED) is 0.874. The largest absolute Gasteiger partial charge is 0.352 e. The molecule has 0 spiro atoms. The number of sulfone groups is 1. The number of hydrogen-bond donors (Lipinski definition) is 1. The van der Waals surface area contributed by atoms with Crippen molar-refractivity contribution in [1.82, 2.24) is 5.32 Å². The Morgan fingerprint density at radius 2 is 1.75 bits per heavy atom. The minimum absolute atomic E-state index is 0.152. The number of rotatable bonds is 6. The highest BCUT2D eigenvalue weighted by molar-refractivity contribution is 7.90. The number of benzene rings is 2. The lowest BCUT2D eigenvalue weighted by atomic mass is 10.0. The van der Waals surface area contributed by atoms with Crippen molar-refractivity contribution >= 4 is 15.7 Å². The Kier molecular flexibility index (Phi) is 5.78. The molecule has 0 bridgehead atoms. The average molecular weight is 345 g/mol. The molecule has 0 fully saturated rings. The molecule has 5 heteroatoms. The van der Waals surface area contributed by atoms with E-state index in [4.69, 9.17) is 0 Å². The molecule has 0 aliphatic heterocycles. The predicted octanol–water partition coefficient (Wildman–Crippen LogP) is 3.19. The third-order valence-corrected chi connectivity index (χ3v) is 4.98. The van der Waals surface area contributed by atoms with Gasteiger partial charge in [-0.3, -0.25) is 4.79 Å². The number of carbonyl (C=O) groups excluding carboxylic acids is 1. The van der Waals surface area contributed by atoms with Gasteiger partial charge in [-0.05, 0) is 41.7 Å². The maximum Gasteiger partial charge on any atom is 0.251 e. The summed E-state index contributed by atoms with van der Waals surface area (Å²) in [6.45, 7) is 4.81. The van der Waals surface area contributed by atoms with E-state index in [0.717, 1.165) is 18.2 Å². The fraction of sp³-hybridized carbons (Fsp3) is 0.316. The van der Waals surface area contributed by atoms with Crippen LogP contribution in [0.25, 0.3) is 0 Å². The molecule has 24 heavy (non-hydrogen) atoms. The normalized spacial score (nSPS) is 11.5. The van der Waals surface area contributed by atoms with E-state index in [1.165, 1.54) is 17.7 Å². The van der Waals surface area contributed by atoms with Gasteiger partial charge in [-0.2, -0.15) is 0 Å². The molecular weight excluding hydrogens is 322 g/mol. The first-order chi connectivity index (χ1) is 11.3. The van der Waals surface area contributed by atoms with Crippen LogP contribution in [0.5, 0.6) is 0 Å². The zero-order valence-electron chi connectivity index (χ0n) is 14.2. The van der Waals surface area contributed by atoms with E-state index in [0.29, 0.717) is 18.0 Å². The summed E-state index contributed by atoms with van der Waals surface area (Å²) in [5, 5.41) is 2.83. The first kappa shape index (κ1) is 18.2. The van der Waals surface area contributed by atoms with E-state index in [1.807, 2.05) is 0 Å². The number of amides is 1. The van der Waals surface area contributed by atoms with E-state index in [2.05, 4.69) is 43.4 Å². The van der Waals surface area contributed by atoms with Gasteiger partial charge in [0.2, 0.25) is 0 Å². The second kappa shape index (κ2) is 7.62. The molecule has 0 atom stereocenters. The molecule has 0 radical (unpaired) electrons. The predicted molar refractivity (Wildman–Crippen MR) is 96.1 cm³/mol. The smallest absolute Gasteiger partial charge is 0.251 e. The Bertz CT molecular complexity index is 809. The van der Waals surface area contributed by atoms with Crippen molar-refractivity contribution in [2.24, 2.45) is 0 Å². The standard InChI is InChI=1S/C19H23NO3S/c1-14(2)16-9-7-15(8-10-16)11-12-20-19(21)17-5-4-6-18(13-17)24(3,22)23/h4-10,13-14H,11-12H2,1-3H3,(H,20,21). The van der Waals surface area contributed by atoms with E-state index in [1.54, 1.807) is 12.1 Å². The molecule has 2 aromatic rings. The molecule has 0 unspecified atom stereocenters. The van der Waals surface area contributed by atoms with Gasteiger partial charge in [-0.1, -0.05) is 44.2 Å². The molecule has 0 aliphatic carbocycles. The Hall–Kier alpha value is -2.14. The van der Waals surface area contributed by atoms with Crippen LogP contribution < -0.4 is 5.32 Å². The van der Waals surface area contributed by atoms with Gasteiger partial charge in [0.15, 0.2) is 9.84 Å². The van der Waals surface area contributed by atoms with Crippen LogP contribution in [-0.2, 0) is 16.3 Å². The fourth-order valence-corrected chi connectivity index (χ4v) is 3.03. The Labute approximate surface area is 143 Å². The van der Waals surface area contributed by atoms with Crippen LogP contribution in [0, 0.1) is 0 Å². The molecule has 0 aromatic heterocycles. The summed E-state index contributed by atoms with van der Waals surface area (Å²) >= 11 is 0. The molecule has 2 rings (SSSR count). The molecule has 1 amide bonds. The van der Waals surface area contributed by atoms with Gasteiger partial charge in [0.05, 0.1) is 4.90 Å². The van der Waals surface area contributed by atoms with Crippen LogP contribution in [0.2, 0.25) is 0 Å². The summed E-state index contributed by atoms with van der Waals surface area (Å²) in [6, 6.07) is 14.5. The fourth-order valence-electron chi connectivity index (χ4n) is 2.36. The van der Waals surface area contributed by atoms with Crippen LogP contribution in [0.15, 0.2) is 53.4 Å². The molecule has 1 N–H and O–H groups in total. The van der Waals surface area contributed by atoms with Crippen LogP contribution in [-0.4, -0.2) is 27.1 Å². The monoisotopic (exact) mass is 345 g/mol. The van der Waals surface area contributed by atoms with Gasteiger partial charge >= 0.3 is 0 Å². The van der Waals surface area contributed by atoms with Gasteiger partial charge in [0, 0.05) is 18.4 Å². The maximum absolute atomic E-state index is 12.2. The summed E-state index contributed by atoms with van der Waals surface area (Å²) in [5.41, 5.74) is 2.80. The Morgan fingerprint density at radius 1 is 1.08 bits per heavy atom. The van der Waals surface area contributed by atoms with Gasteiger partial charge in [0.1, 0.15) is 0 Å². The van der Waals surface area contributed by atoms with Gasteiger partial charge in [-0.25, -0.2) is 8.42 Å². The first-order valence-electron chi connectivity index (χ1n) is 7.94. The number of nitrogens with one attached hydrogen (secondary N) is 1. The van der Waals surface area contributed by atoms with E-state index < -0.39 is 9.84 Å². The second-order valence-electron chi connectivity index (χ2n) is 6.20. The van der Waals surface area contributed by atoms with Crippen molar-refractivity contribution in [3.63, 3.8) is 0 Å². The molecule has 0 aliphatic rings. The highest BCUT2D eigenvalue weighted by Crippen LogP contribution is 2.15. The molecule has 0 saturated heterocycles. The average Bonchev–Trinajstić information content (AvgIpc) is 2.54. The SMILES string of the molecule is CC(C)c1ccc(CCNC(=O)c2cccc(S(C)(=O)=O)c2)cc1. The Balaban J connectivity index is 1.94. The molecule has 0 saturated carbocycles. The van der Waals surface area contributed by atoms with Gasteiger partial charge in [-0.15, -0.1) is 0 Å². The minimum Gasteiger partial charge on any atom is -0.352 e. The third kappa shape index (κ3) is 4.93. The van der Waals surface area contributed by atoms with Crippen molar-refractivity contribution < 1.29 is 13.2 Å². The summed E-state index contributed by atoms with van der Waals surface area (Å²) in [7, 11) is -3.31. The number of carbonyl (C=O) groups is 1. The topological polar surface area (TPSA) is 63.2 Å². The maximum atomic E-state index is 12.2. The van der Waals surface area contributed by atoms with Crippen molar-refractivity contribution in [1.29, 1.82) is 0 Å². The zero-order chi connectivity index (χ0) is 17.7. The molecule has 2 aromatic carbocycles. The van der Waals surface area contributed by atoms with Crippen LogP contribution in [0.1, 0.15) is 41.3 Å². The lowest BCUT2D eigenvalue weighted by Gasteiger charge is -2.08. The Morgan fingerprint density at radius 3 is 2.33 bits per heavy atom. The minimum atomic E-state index is -3.31. The van der Waals surface area contributed by atoms with E-state index in [9.17, 15) is 13.2 Å². The van der Waals surface area contributed by atoms with Crippen molar-refractivity contribution in [3.05, 3.63) is 65.2 Å². The van der Waals surface area contributed by atoms with Crippen LogP contribution >= 0.6 is 0 Å². The molecule has 0 heterocycles. The van der Waals surface area contributed by atoms with Crippen LogP contribution in [0.4, 0.5) is 0 Å². The highest BCUT2D eigenvalue weighted by atomic mass is 32.2. The lowest BCUT2D eigenvalue weighted by Crippen LogP contribution is -2.25. The lowest BCUT2D eigenvalue weighted by molar-refractivity contribution is 0.0954. The van der Waals surface area contributed by atoms with E-state index in [-0.39, 0.29) is 10.8 Å². The molecular formula is C19H23NO3S. The van der Waals surface area contributed by atoms with Crippen molar-refractivity contribution in [2.75, 3.05) is 12.8 Å². The zero-order valence-corrected chi connectivity index (χ0v) is 15.1. The molecule has 128 valence electrons. The highest BCUT2D eigenvalue weighted by Gasteiger charge is 2.11. The first-order valence-corrected chi connectivity index (χ1v) is 9.83. The van der Waals surface area contributed by atoms with Crippen molar-refractivity contribution in [3.8, 4) is 0 Å². The third-order valence-electron chi connectivity index (χ3n) is 3.87. The molecule has 4 nitrogen and oxygen atoms in total. The number of hydrogen-bond acceptors (Lipinski definition) is 3. The van der Waals surface area contributed by atoms with Crippen LogP contribution in [0.3, 0.4) is 0 Å². The van der Waals surface area contributed by atoms with E-state index >= 15 is 0 Å². The summed E-state index contributed by atoms with van der Waals surface area (Å²) in [4.78, 5) is 12.3. The second-order valence-corrected chi connectivity index (χ2v) is 8.22. The van der Waals surface area contributed by atoms with Crippen molar-refractivity contribution in [2.45, 2.75) is 31.1 Å². The van der Waals surface area contributed by atoms with Gasteiger partial charge < -0.3 is 5.32 Å². The summed E-state index contributed by atoms with van der Waals surface area (Å²) in [5.74, 6) is 0.236. The summed E-state index contributed by atoms with van der Waals surface area (Å²) in [6.07, 6.45) is 1.86.